The van der Waals surface area contributed by atoms with Crippen molar-refractivity contribution in [3.63, 3.8) is 0 Å². The van der Waals surface area contributed by atoms with Crippen molar-refractivity contribution in [2.24, 2.45) is 5.92 Å². The summed E-state index contributed by atoms with van der Waals surface area (Å²) in [6.07, 6.45) is 2.04. The molecule has 0 atom stereocenters. The standard InChI is InChI=1S/C14H19ClN2O/c1-9-4-5-13(10(2)16-9)14(18)17(3)8-11-6-12(15)7-11/h4-5,11-12H,6-8H2,1-3H3. The third-order valence-corrected chi connectivity index (χ3v) is 3.87. The summed E-state index contributed by atoms with van der Waals surface area (Å²) >= 11 is 5.95. The number of carbonyl (C=O) groups is 1. The van der Waals surface area contributed by atoms with Gasteiger partial charge in [-0.15, -0.1) is 11.6 Å². The molecule has 1 aromatic rings. The molecule has 1 aliphatic carbocycles. The molecule has 1 amide bonds. The predicted molar refractivity (Wildman–Crippen MR) is 73.0 cm³/mol. The zero-order valence-corrected chi connectivity index (χ0v) is 11.9. The fraction of sp³-hybridized carbons (Fsp3) is 0.571. The molecule has 0 bridgehead atoms. The highest BCUT2D eigenvalue weighted by atomic mass is 35.5. The fourth-order valence-corrected chi connectivity index (χ4v) is 2.90. The topological polar surface area (TPSA) is 33.2 Å². The molecule has 4 heteroatoms. The molecule has 0 spiro atoms. The third-order valence-electron chi connectivity index (χ3n) is 3.51. The zero-order valence-electron chi connectivity index (χ0n) is 11.1. The first-order chi connectivity index (χ1) is 8.47. The molecule has 2 rings (SSSR count). The molecule has 1 fully saturated rings. The number of aryl methyl sites for hydroxylation is 2. The van der Waals surface area contributed by atoms with Gasteiger partial charge in [0.2, 0.25) is 0 Å². The molecule has 3 nitrogen and oxygen atoms in total. The van der Waals surface area contributed by atoms with Gasteiger partial charge in [-0.25, -0.2) is 0 Å². The lowest BCUT2D eigenvalue weighted by Gasteiger charge is -2.34. The lowest BCUT2D eigenvalue weighted by molar-refractivity contribution is 0.0745. The van der Waals surface area contributed by atoms with Crippen molar-refractivity contribution in [2.75, 3.05) is 13.6 Å². The van der Waals surface area contributed by atoms with Gasteiger partial charge in [-0.3, -0.25) is 9.78 Å². The molecule has 1 heterocycles. The smallest absolute Gasteiger partial charge is 0.255 e. The van der Waals surface area contributed by atoms with Crippen molar-refractivity contribution in [3.8, 4) is 0 Å². The number of halogens is 1. The third kappa shape index (κ3) is 2.83. The highest BCUT2D eigenvalue weighted by Crippen LogP contribution is 2.32. The number of carbonyl (C=O) groups excluding carboxylic acids is 1. The summed E-state index contributed by atoms with van der Waals surface area (Å²) in [6.45, 7) is 4.60. The highest BCUT2D eigenvalue weighted by molar-refractivity contribution is 6.21. The Kier molecular flexibility index (Phi) is 3.91. The fourth-order valence-electron chi connectivity index (χ4n) is 2.39. The van der Waals surface area contributed by atoms with Gasteiger partial charge >= 0.3 is 0 Å². The lowest BCUT2D eigenvalue weighted by Crippen LogP contribution is -2.38. The Morgan fingerprint density at radius 2 is 2.11 bits per heavy atom. The number of aromatic nitrogens is 1. The van der Waals surface area contributed by atoms with Crippen molar-refractivity contribution in [1.29, 1.82) is 0 Å². The maximum absolute atomic E-state index is 12.3. The Bertz CT molecular complexity index is 455. The number of nitrogens with zero attached hydrogens (tertiary/aromatic N) is 2. The largest absolute Gasteiger partial charge is 0.341 e. The van der Waals surface area contributed by atoms with E-state index in [0.717, 1.165) is 30.8 Å². The second-order valence-corrected chi connectivity index (χ2v) is 5.82. The number of pyridine rings is 1. The number of amides is 1. The first kappa shape index (κ1) is 13.3. The van der Waals surface area contributed by atoms with Crippen LogP contribution in [0.2, 0.25) is 0 Å². The van der Waals surface area contributed by atoms with E-state index in [9.17, 15) is 4.79 Å². The molecule has 18 heavy (non-hydrogen) atoms. The van der Waals surface area contributed by atoms with E-state index in [4.69, 9.17) is 11.6 Å². The summed E-state index contributed by atoms with van der Waals surface area (Å²) in [5.74, 6) is 0.609. The van der Waals surface area contributed by atoms with Crippen LogP contribution in [0.25, 0.3) is 0 Å². The molecular formula is C14H19ClN2O. The van der Waals surface area contributed by atoms with Crippen molar-refractivity contribution in [2.45, 2.75) is 32.1 Å². The second-order valence-electron chi connectivity index (χ2n) is 5.21. The first-order valence-corrected chi connectivity index (χ1v) is 6.74. The van der Waals surface area contributed by atoms with Gasteiger partial charge < -0.3 is 4.90 Å². The van der Waals surface area contributed by atoms with Crippen LogP contribution in [0.4, 0.5) is 0 Å². The molecule has 0 aromatic carbocycles. The number of alkyl halides is 1. The van der Waals surface area contributed by atoms with Crippen molar-refractivity contribution >= 4 is 17.5 Å². The van der Waals surface area contributed by atoms with Gasteiger partial charge in [0.25, 0.3) is 5.91 Å². The molecular weight excluding hydrogens is 248 g/mol. The first-order valence-electron chi connectivity index (χ1n) is 6.31. The van der Waals surface area contributed by atoms with E-state index in [1.165, 1.54) is 0 Å². The van der Waals surface area contributed by atoms with Crippen LogP contribution in [-0.2, 0) is 0 Å². The van der Waals surface area contributed by atoms with Crippen LogP contribution < -0.4 is 0 Å². The SMILES string of the molecule is Cc1ccc(C(=O)N(C)CC2CC(Cl)C2)c(C)n1. The molecule has 0 aliphatic heterocycles. The van der Waals surface area contributed by atoms with Gasteiger partial charge in [-0.1, -0.05) is 0 Å². The van der Waals surface area contributed by atoms with Gasteiger partial charge in [-0.2, -0.15) is 0 Å². The Morgan fingerprint density at radius 1 is 1.44 bits per heavy atom. The molecule has 1 saturated carbocycles. The average molecular weight is 267 g/mol. The van der Waals surface area contributed by atoms with Gasteiger partial charge in [0.15, 0.2) is 0 Å². The molecule has 1 aliphatic rings. The van der Waals surface area contributed by atoms with E-state index in [0.29, 0.717) is 16.9 Å². The van der Waals surface area contributed by atoms with Gasteiger partial charge in [-0.05, 0) is 44.7 Å². The van der Waals surface area contributed by atoms with Crippen molar-refractivity contribution in [3.05, 3.63) is 29.1 Å². The van der Waals surface area contributed by atoms with Crippen LogP contribution in [0.3, 0.4) is 0 Å². The number of hydrogen-bond acceptors (Lipinski definition) is 2. The summed E-state index contributed by atoms with van der Waals surface area (Å²) < 4.78 is 0. The summed E-state index contributed by atoms with van der Waals surface area (Å²) in [5, 5.41) is 0.307. The molecule has 1 aromatic heterocycles. The minimum absolute atomic E-state index is 0.0537. The van der Waals surface area contributed by atoms with Gasteiger partial charge in [0.05, 0.1) is 11.3 Å². The second kappa shape index (κ2) is 5.27. The summed E-state index contributed by atoms with van der Waals surface area (Å²) in [5.41, 5.74) is 2.44. The van der Waals surface area contributed by atoms with Crippen LogP contribution in [-0.4, -0.2) is 34.8 Å². The molecule has 0 saturated heterocycles. The monoisotopic (exact) mass is 266 g/mol. The van der Waals surface area contributed by atoms with Crippen molar-refractivity contribution < 1.29 is 4.79 Å². The van der Waals surface area contributed by atoms with Gasteiger partial charge in [0, 0.05) is 24.7 Å². The van der Waals surface area contributed by atoms with Crippen LogP contribution in [0.15, 0.2) is 12.1 Å². The summed E-state index contributed by atoms with van der Waals surface area (Å²) in [7, 11) is 1.85. The van der Waals surface area contributed by atoms with E-state index >= 15 is 0 Å². The Morgan fingerprint density at radius 3 is 2.67 bits per heavy atom. The minimum atomic E-state index is 0.0537. The van der Waals surface area contributed by atoms with E-state index in [1.54, 1.807) is 4.90 Å². The van der Waals surface area contributed by atoms with Crippen LogP contribution in [0, 0.1) is 19.8 Å². The predicted octanol–water partition coefficient (Wildman–Crippen LogP) is 2.79. The lowest BCUT2D eigenvalue weighted by atomic mass is 9.84. The highest BCUT2D eigenvalue weighted by Gasteiger charge is 2.29. The van der Waals surface area contributed by atoms with E-state index < -0.39 is 0 Å². The Labute approximate surface area is 113 Å². The Balaban J connectivity index is 2.01. The normalized spacial score (nSPS) is 22.4. The van der Waals surface area contributed by atoms with Gasteiger partial charge in [0.1, 0.15) is 0 Å². The molecule has 0 radical (unpaired) electrons. The summed E-state index contributed by atoms with van der Waals surface area (Å²) in [6, 6.07) is 3.74. The van der Waals surface area contributed by atoms with E-state index in [-0.39, 0.29) is 5.91 Å². The molecule has 0 N–H and O–H groups in total. The maximum Gasteiger partial charge on any atom is 0.255 e. The van der Waals surface area contributed by atoms with E-state index in [1.807, 2.05) is 33.0 Å². The van der Waals surface area contributed by atoms with Crippen molar-refractivity contribution in [1.82, 2.24) is 9.88 Å². The molecule has 98 valence electrons. The quantitative estimate of drug-likeness (QED) is 0.789. The Hall–Kier alpha value is -1.09. The summed E-state index contributed by atoms with van der Waals surface area (Å²) in [4.78, 5) is 18.4. The number of rotatable bonds is 3. The zero-order chi connectivity index (χ0) is 13.3. The van der Waals surface area contributed by atoms with Crippen LogP contribution in [0.1, 0.15) is 34.6 Å². The average Bonchev–Trinajstić information content (AvgIpc) is 2.26. The van der Waals surface area contributed by atoms with E-state index in [2.05, 4.69) is 4.98 Å². The van der Waals surface area contributed by atoms with Crippen LogP contribution >= 0.6 is 11.6 Å². The minimum Gasteiger partial charge on any atom is -0.341 e. The number of hydrogen-bond donors (Lipinski definition) is 0. The maximum atomic E-state index is 12.3. The van der Waals surface area contributed by atoms with Crippen LogP contribution in [0.5, 0.6) is 0 Å². The molecule has 0 unspecified atom stereocenters.